The molecular weight excluding hydrogens is 396 g/mol. The van der Waals surface area contributed by atoms with Crippen LogP contribution in [0.3, 0.4) is 0 Å². The topological polar surface area (TPSA) is 77.6 Å². The van der Waals surface area contributed by atoms with Crippen LogP contribution in [0.5, 0.6) is 0 Å². The second-order valence-corrected chi connectivity index (χ2v) is 7.15. The highest BCUT2D eigenvalue weighted by molar-refractivity contribution is 7.99. The molecule has 140 valence electrons. The minimum Gasteiger partial charge on any atom is -0.325 e. The van der Waals surface area contributed by atoms with Crippen LogP contribution in [0.15, 0.2) is 78.5 Å². The smallest absolute Gasteiger partial charge is 0.234 e. The van der Waals surface area contributed by atoms with Gasteiger partial charge >= 0.3 is 0 Å². The van der Waals surface area contributed by atoms with Gasteiger partial charge < -0.3 is 5.32 Å². The van der Waals surface area contributed by atoms with Gasteiger partial charge in [-0.25, -0.2) is 4.68 Å². The molecule has 3 heterocycles. The van der Waals surface area contributed by atoms with Crippen molar-refractivity contribution in [2.75, 3.05) is 11.1 Å². The number of hydrogen-bond donors (Lipinski definition) is 1. The molecule has 4 aromatic rings. The lowest BCUT2D eigenvalue weighted by molar-refractivity contribution is -0.113. The summed E-state index contributed by atoms with van der Waals surface area (Å²) in [5.41, 5.74) is 1.53. The van der Waals surface area contributed by atoms with Gasteiger partial charge in [0.2, 0.25) is 11.1 Å². The molecule has 0 bridgehead atoms. The van der Waals surface area contributed by atoms with Crippen LogP contribution in [0.1, 0.15) is 0 Å². The number of amides is 1. The largest absolute Gasteiger partial charge is 0.325 e. The Morgan fingerprint density at radius 1 is 1.07 bits per heavy atom. The standard InChI is InChI=1S/C19H15ClN6OS/c20-15-5-7-16(8-6-15)22-17(27)13-28-19-24-23-18(14-4-3-9-21-12-14)26(19)25-10-1-2-11-25/h1-12H,13H2,(H,22,27). The normalized spacial score (nSPS) is 10.8. The fourth-order valence-electron chi connectivity index (χ4n) is 2.56. The van der Waals surface area contributed by atoms with E-state index in [0.29, 0.717) is 21.7 Å². The highest BCUT2D eigenvalue weighted by Gasteiger charge is 2.17. The molecule has 7 nitrogen and oxygen atoms in total. The van der Waals surface area contributed by atoms with Crippen molar-refractivity contribution in [3.8, 4) is 11.4 Å². The summed E-state index contributed by atoms with van der Waals surface area (Å²) in [6, 6.07) is 14.6. The first-order chi connectivity index (χ1) is 13.7. The van der Waals surface area contributed by atoms with Gasteiger partial charge in [0.15, 0.2) is 5.82 Å². The number of carbonyl (C=O) groups is 1. The molecule has 4 rings (SSSR count). The van der Waals surface area contributed by atoms with Crippen LogP contribution >= 0.6 is 23.4 Å². The van der Waals surface area contributed by atoms with Crippen molar-refractivity contribution in [2.45, 2.75) is 5.16 Å². The molecule has 0 radical (unpaired) electrons. The number of benzene rings is 1. The molecule has 9 heteroatoms. The summed E-state index contributed by atoms with van der Waals surface area (Å²) in [7, 11) is 0. The second-order valence-electron chi connectivity index (χ2n) is 5.77. The van der Waals surface area contributed by atoms with E-state index in [4.69, 9.17) is 11.6 Å². The summed E-state index contributed by atoms with van der Waals surface area (Å²) < 4.78 is 3.71. The zero-order valence-electron chi connectivity index (χ0n) is 14.6. The number of nitrogens with one attached hydrogen (secondary N) is 1. The molecule has 0 aliphatic heterocycles. The molecule has 0 unspecified atom stereocenters. The maximum absolute atomic E-state index is 12.3. The average molecular weight is 411 g/mol. The van der Waals surface area contributed by atoms with Gasteiger partial charge in [0.1, 0.15) is 0 Å². The number of aromatic nitrogens is 5. The van der Waals surface area contributed by atoms with E-state index in [1.54, 1.807) is 36.7 Å². The van der Waals surface area contributed by atoms with Crippen LogP contribution in [0.4, 0.5) is 5.69 Å². The fraction of sp³-hybridized carbons (Fsp3) is 0.0526. The number of nitrogens with zero attached hydrogens (tertiary/aromatic N) is 5. The van der Waals surface area contributed by atoms with Gasteiger partial charge in [-0.05, 0) is 48.5 Å². The van der Waals surface area contributed by atoms with Crippen LogP contribution in [-0.4, -0.2) is 36.2 Å². The minimum absolute atomic E-state index is 0.141. The molecular formula is C19H15ClN6OS. The third-order valence-electron chi connectivity index (χ3n) is 3.81. The van der Waals surface area contributed by atoms with Gasteiger partial charge in [0.05, 0.1) is 5.75 Å². The number of hydrogen-bond acceptors (Lipinski definition) is 5. The highest BCUT2D eigenvalue weighted by Crippen LogP contribution is 2.24. The van der Waals surface area contributed by atoms with E-state index in [0.717, 1.165) is 5.56 Å². The van der Waals surface area contributed by atoms with Crippen LogP contribution in [0, 0.1) is 0 Å². The van der Waals surface area contributed by atoms with Crippen molar-refractivity contribution >= 4 is 35.0 Å². The zero-order valence-corrected chi connectivity index (χ0v) is 16.1. The first-order valence-electron chi connectivity index (χ1n) is 8.38. The monoisotopic (exact) mass is 410 g/mol. The lowest BCUT2D eigenvalue weighted by Gasteiger charge is -2.11. The zero-order chi connectivity index (χ0) is 19.3. The van der Waals surface area contributed by atoms with Crippen molar-refractivity contribution in [3.63, 3.8) is 0 Å². The summed E-state index contributed by atoms with van der Waals surface area (Å²) in [6.45, 7) is 0. The summed E-state index contributed by atoms with van der Waals surface area (Å²) >= 11 is 7.17. The predicted molar refractivity (Wildman–Crippen MR) is 109 cm³/mol. The van der Waals surface area contributed by atoms with Crippen LogP contribution in [0.2, 0.25) is 5.02 Å². The van der Waals surface area contributed by atoms with E-state index in [1.165, 1.54) is 11.8 Å². The second kappa shape index (κ2) is 8.28. The van der Waals surface area contributed by atoms with Gasteiger partial charge in [0.25, 0.3) is 0 Å². The fourth-order valence-corrected chi connectivity index (χ4v) is 3.42. The number of rotatable bonds is 6. The molecule has 3 aromatic heterocycles. The molecule has 1 aromatic carbocycles. The predicted octanol–water partition coefficient (Wildman–Crippen LogP) is 3.84. The summed E-state index contributed by atoms with van der Waals surface area (Å²) in [6.07, 6.45) is 7.21. The van der Waals surface area contributed by atoms with Crippen LogP contribution in [0.25, 0.3) is 11.4 Å². The molecule has 0 aliphatic carbocycles. The van der Waals surface area contributed by atoms with Gasteiger partial charge in [-0.2, -0.15) is 0 Å². The highest BCUT2D eigenvalue weighted by atomic mass is 35.5. The molecule has 0 fully saturated rings. The lowest BCUT2D eigenvalue weighted by Crippen LogP contribution is -2.15. The summed E-state index contributed by atoms with van der Waals surface area (Å²) in [4.78, 5) is 16.5. The average Bonchev–Trinajstić information content (AvgIpc) is 3.38. The Hall–Kier alpha value is -3.10. The third kappa shape index (κ3) is 4.08. The van der Waals surface area contributed by atoms with Crippen LogP contribution in [-0.2, 0) is 4.79 Å². The van der Waals surface area contributed by atoms with Crippen molar-refractivity contribution in [2.24, 2.45) is 0 Å². The molecule has 0 saturated carbocycles. The SMILES string of the molecule is O=C(CSc1nnc(-c2cccnc2)n1-n1cccc1)Nc1ccc(Cl)cc1. The molecule has 1 N–H and O–H groups in total. The van der Waals surface area contributed by atoms with Crippen molar-refractivity contribution in [3.05, 3.63) is 78.3 Å². The number of halogens is 1. The van der Waals surface area contributed by atoms with E-state index >= 15 is 0 Å². The molecule has 0 aliphatic rings. The van der Waals surface area contributed by atoms with Crippen molar-refractivity contribution < 1.29 is 4.79 Å². The lowest BCUT2D eigenvalue weighted by atomic mass is 10.3. The molecule has 0 saturated heterocycles. The number of carbonyl (C=O) groups excluding carboxylic acids is 1. The van der Waals surface area contributed by atoms with Gasteiger partial charge in [0, 0.05) is 41.1 Å². The Morgan fingerprint density at radius 3 is 2.57 bits per heavy atom. The maximum Gasteiger partial charge on any atom is 0.234 e. The Bertz CT molecular complexity index is 1060. The first kappa shape index (κ1) is 18.3. The van der Waals surface area contributed by atoms with Crippen molar-refractivity contribution in [1.82, 2.24) is 24.5 Å². The van der Waals surface area contributed by atoms with Crippen LogP contribution < -0.4 is 5.32 Å². The van der Waals surface area contributed by atoms with E-state index in [2.05, 4.69) is 20.5 Å². The Morgan fingerprint density at radius 2 is 1.86 bits per heavy atom. The van der Waals surface area contributed by atoms with E-state index < -0.39 is 0 Å². The Balaban J connectivity index is 1.54. The van der Waals surface area contributed by atoms with Gasteiger partial charge in [-0.15, -0.1) is 10.2 Å². The van der Waals surface area contributed by atoms with E-state index in [-0.39, 0.29) is 11.7 Å². The Labute approximate surface area is 170 Å². The molecule has 28 heavy (non-hydrogen) atoms. The van der Waals surface area contributed by atoms with E-state index in [9.17, 15) is 4.79 Å². The number of anilines is 1. The summed E-state index contributed by atoms with van der Waals surface area (Å²) in [5, 5.41) is 12.6. The quantitative estimate of drug-likeness (QED) is 0.489. The molecule has 0 spiro atoms. The molecule has 1 amide bonds. The number of pyridine rings is 1. The minimum atomic E-state index is -0.141. The number of thioether (sulfide) groups is 1. The van der Waals surface area contributed by atoms with Crippen molar-refractivity contribution in [1.29, 1.82) is 0 Å². The van der Waals surface area contributed by atoms with Gasteiger partial charge in [-0.1, -0.05) is 23.4 Å². The first-order valence-corrected chi connectivity index (χ1v) is 9.75. The van der Waals surface area contributed by atoms with Gasteiger partial charge in [-0.3, -0.25) is 14.5 Å². The molecule has 0 atom stereocenters. The maximum atomic E-state index is 12.3. The van der Waals surface area contributed by atoms with E-state index in [1.807, 2.05) is 46.0 Å². The Kier molecular flexibility index (Phi) is 5.41. The third-order valence-corrected chi connectivity index (χ3v) is 4.98. The summed E-state index contributed by atoms with van der Waals surface area (Å²) in [5.74, 6) is 0.692.